The first-order valence-corrected chi connectivity index (χ1v) is 6.91. The molecule has 0 bridgehead atoms. The van der Waals surface area contributed by atoms with Crippen molar-refractivity contribution >= 4 is 11.7 Å². The summed E-state index contributed by atoms with van der Waals surface area (Å²) >= 11 is 0. The average molecular weight is 237 g/mol. The van der Waals surface area contributed by atoms with Gasteiger partial charge in [-0.1, -0.05) is 6.42 Å². The second kappa shape index (κ2) is 6.62. The lowest BCUT2D eigenvalue weighted by molar-refractivity contribution is -0.129. The molecule has 0 unspecified atom stereocenters. The highest BCUT2D eigenvalue weighted by molar-refractivity contribution is 5.83. The molecule has 0 aliphatic carbocycles. The maximum Gasteiger partial charge on any atom is 0.224 e. The second-order valence-corrected chi connectivity index (χ2v) is 4.90. The maximum absolute atomic E-state index is 11.8. The maximum atomic E-state index is 11.8. The molecule has 1 N–H and O–H groups in total. The number of likely N-dealkylation sites (tertiary alicyclic amines) is 1. The second-order valence-electron chi connectivity index (χ2n) is 4.90. The fraction of sp³-hybridized carbons (Fsp3) is 0.846. The standard InChI is InChI=1S/C13H23N3O/c17-13(16-10-4-5-11-16)7-9-15-12-6-2-1-3-8-14-12/h1-11H2,(H,14,15). The predicted octanol–water partition coefficient (Wildman–Crippen LogP) is 1.56. The number of carbonyl (C=O) groups is 1. The molecule has 2 aliphatic heterocycles. The van der Waals surface area contributed by atoms with Gasteiger partial charge >= 0.3 is 0 Å². The molecular formula is C13H23N3O. The van der Waals surface area contributed by atoms with Crippen LogP contribution < -0.4 is 5.32 Å². The highest BCUT2D eigenvalue weighted by Gasteiger charge is 2.17. The summed E-state index contributed by atoms with van der Waals surface area (Å²) in [6.45, 7) is 3.61. The summed E-state index contributed by atoms with van der Waals surface area (Å²) in [5.74, 6) is 1.40. The van der Waals surface area contributed by atoms with Crippen molar-refractivity contribution in [1.82, 2.24) is 10.2 Å². The molecule has 4 nitrogen and oxygen atoms in total. The topological polar surface area (TPSA) is 44.7 Å². The van der Waals surface area contributed by atoms with Gasteiger partial charge in [0, 0.05) is 39.0 Å². The normalized spacial score (nSPS) is 20.9. The van der Waals surface area contributed by atoms with Crippen LogP contribution in [0.2, 0.25) is 0 Å². The molecule has 1 saturated heterocycles. The molecule has 17 heavy (non-hydrogen) atoms. The van der Waals surface area contributed by atoms with Crippen molar-refractivity contribution in [1.29, 1.82) is 0 Å². The van der Waals surface area contributed by atoms with Crippen LogP contribution in [0, 0.1) is 0 Å². The van der Waals surface area contributed by atoms with E-state index in [0.717, 1.165) is 38.4 Å². The Balaban J connectivity index is 1.64. The highest BCUT2D eigenvalue weighted by Crippen LogP contribution is 2.09. The van der Waals surface area contributed by atoms with Crippen LogP contribution in [0.4, 0.5) is 0 Å². The van der Waals surface area contributed by atoms with Gasteiger partial charge in [0.25, 0.3) is 0 Å². The Bertz CT molecular complexity index is 282. The molecule has 0 aromatic heterocycles. The Morgan fingerprint density at radius 3 is 2.82 bits per heavy atom. The third-order valence-electron chi connectivity index (χ3n) is 3.50. The SMILES string of the molecule is O=C(CCNC1=NCCCCC1)N1CCCC1. The number of hydrogen-bond donors (Lipinski definition) is 1. The molecule has 1 amide bonds. The number of nitrogens with zero attached hydrogens (tertiary/aromatic N) is 2. The molecule has 0 atom stereocenters. The molecule has 1 fully saturated rings. The van der Waals surface area contributed by atoms with Crippen LogP contribution in [0.15, 0.2) is 4.99 Å². The van der Waals surface area contributed by atoms with E-state index in [2.05, 4.69) is 10.3 Å². The lowest BCUT2D eigenvalue weighted by Gasteiger charge is -2.15. The first kappa shape index (κ1) is 12.4. The Kier molecular flexibility index (Phi) is 4.83. The third-order valence-corrected chi connectivity index (χ3v) is 3.50. The third kappa shape index (κ3) is 4.02. The van der Waals surface area contributed by atoms with E-state index >= 15 is 0 Å². The van der Waals surface area contributed by atoms with E-state index in [1.807, 2.05) is 4.90 Å². The molecular weight excluding hydrogens is 214 g/mol. The summed E-state index contributed by atoms with van der Waals surface area (Å²) in [7, 11) is 0. The largest absolute Gasteiger partial charge is 0.373 e. The van der Waals surface area contributed by atoms with Crippen molar-refractivity contribution in [3.63, 3.8) is 0 Å². The van der Waals surface area contributed by atoms with E-state index in [1.54, 1.807) is 0 Å². The summed E-state index contributed by atoms with van der Waals surface area (Å²) < 4.78 is 0. The minimum atomic E-state index is 0.296. The number of amidine groups is 1. The van der Waals surface area contributed by atoms with E-state index in [0.29, 0.717) is 12.3 Å². The number of carbonyl (C=O) groups excluding carboxylic acids is 1. The van der Waals surface area contributed by atoms with Crippen LogP contribution in [0.25, 0.3) is 0 Å². The summed E-state index contributed by atoms with van der Waals surface area (Å²) in [5, 5.41) is 3.32. The number of rotatable bonds is 3. The fourth-order valence-corrected chi connectivity index (χ4v) is 2.46. The minimum Gasteiger partial charge on any atom is -0.373 e. The Morgan fingerprint density at radius 2 is 2.00 bits per heavy atom. The Labute approximate surface area is 103 Å². The number of amides is 1. The Hall–Kier alpha value is -1.06. The van der Waals surface area contributed by atoms with Gasteiger partial charge in [0.15, 0.2) is 0 Å². The molecule has 0 aromatic carbocycles. The van der Waals surface area contributed by atoms with Gasteiger partial charge in [-0.15, -0.1) is 0 Å². The summed E-state index contributed by atoms with van der Waals surface area (Å²) in [6, 6.07) is 0. The molecule has 0 saturated carbocycles. The van der Waals surface area contributed by atoms with Crippen molar-refractivity contribution < 1.29 is 4.79 Å². The molecule has 0 spiro atoms. The highest BCUT2D eigenvalue weighted by atomic mass is 16.2. The number of aliphatic imine (C=N–C) groups is 1. The van der Waals surface area contributed by atoms with Gasteiger partial charge in [-0.3, -0.25) is 9.79 Å². The molecule has 4 heteroatoms. The van der Waals surface area contributed by atoms with Crippen LogP contribution in [0.1, 0.15) is 44.9 Å². The quantitative estimate of drug-likeness (QED) is 0.809. The van der Waals surface area contributed by atoms with E-state index < -0.39 is 0 Å². The van der Waals surface area contributed by atoms with Crippen LogP contribution >= 0.6 is 0 Å². The van der Waals surface area contributed by atoms with Gasteiger partial charge in [0.1, 0.15) is 0 Å². The van der Waals surface area contributed by atoms with Crippen molar-refractivity contribution in [3.8, 4) is 0 Å². The molecule has 96 valence electrons. The molecule has 2 heterocycles. The molecule has 2 aliphatic rings. The smallest absolute Gasteiger partial charge is 0.224 e. The van der Waals surface area contributed by atoms with Crippen molar-refractivity contribution in [2.24, 2.45) is 4.99 Å². The van der Waals surface area contributed by atoms with Crippen LogP contribution in [0.3, 0.4) is 0 Å². The predicted molar refractivity (Wildman–Crippen MR) is 69.2 cm³/mol. The molecule has 0 aromatic rings. The molecule has 2 rings (SSSR count). The number of hydrogen-bond acceptors (Lipinski definition) is 3. The van der Waals surface area contributed by atoms with Gasteiger partial charge < -0.3 is 10.2 Å². The van der Waals surface area contributed by atoms with Gasteiger partial charge in [0.2, 0.25) is 5.91 Å². The summed E-state index contributed by atoms with van der Waals surface area (Å²) in [5.41, 5.74) is 0. The monoisotopic (exact) mass is 237 g/mol. The molecule has 0 radical (unpaired) electrons. The van der Waals surface area contributed by atoms with Gasteiger partial charge in [-0.05, 0) is 25.7 Å². The van der Waals surface area contributed by atoms with Crippen LogP contribution in [-0.2, 0) is 4.79 Å². The van der Waals surface area contributed by atoms with Crippen LogP contribution in [-0.4, -0.2) is 42.8 Å². The zero-order chi connectivity index (χ0) is 11.9. The number of nitrogens with one attached hydrogen (secondary N) is 1. The van der Waals surface area contributed by atoms with Crippen molar-refractivity contribution in [2.45, 2.75) is 44.9 Å². The van der Waals surface area contributed by atoms with Crippen LogP contribution in [0.5, 0.6) is 0 Å². The van der Waals surface area contributed by atoms with Gasteiger partial charge in [0.05, 0.1) is 5.84 Å². The van der Waals surface area contributed by atoms with Crippen molar-refractivity contribution in [2.75, 3.05) is 26.2 Å². The lowest BCUT2D eigenvalue weighted by Crippen LogP contribution is -2.32. The van der Waals surface area contributed by atoms with Crippen molar-refractivity contribution in [3.05, 3.63) is 0 Å². The first-order chi connectivity index (χ1) is 8.36. The van der Waals surface area contributed by atoms with Gasteiger partial charge in [-0.25, -0.2) is 0 Å². The average Bonchev–Trinajstić information content (AvgIpc) is 2.75. The van der Waals surface area contributed by atoms with E-state index in [4.69, 9.17) is 0 Å². The fourth-order valence-electron chi connectivity index (χ4n) is 2.46. The van der Waals surface area contributed by atoms with E-state index in [-0.39, 0.29) is 0 Å². The van der Waals surface area contributed by atoms with E-state index in [1.165, 1.54) is 32.1 Å². The van der Waals surface area contributed by atoms with E-state index in [9.17, 15) is 4.79 Å². The van der Waals surface area contributed by atoms with Gasteiger partial charge in [-0.2, -0.15) is 0 Å². The lowest BCUT2D eigenvalue weighted by atomic mass is 10.2. The zero-order valence-corrected chi connectivity index (χ0v) is 10.6. The zero-order valence-electron chi connectivity index (χ0n) is 10.6. The summed E-state index contributed by atoms with van der Waals surface area (Å²) in [6.07, 6.45) is 7.72. The Morgan fingerprint density at radius 1 is 1.18 bits per heavy atom. The summed E-state index contributed by atoms with van der Waals surface area (Å²) in [4.78, 5) is 18.3. The first-order valence-electron chi connectivity index (χ1n) is 6.91. The minimum absolute atomic E-state index is 0.296.